The van der Waals surface area contributed by atoms with Crippen LogP contribution in [-0.2, 0) is 13.1 Å². The molecule has 1 aliphatic rings. The van der Waals surface area contributed by atoms with Gasteiger partial charge in [-0.15, -0.1) is 11.3 Å². The Morgan fingerprint density at radius 2 is 1.57 bits per heavy atom. The zero-order chi connectivity index (χ0) is 20.8. The van der Waals surface area contributed by atoms with Crippen molar-refractivity contribution in [1.29, 1.82) is 0 Å². The fourth-order valence-electron chi connectivity index (χ4n) is 3.72. The normalized spacial score (nSPS) is 16.3. The Bertz CT molecular complexity index is 936. The van der Waals surface area contributed by atoms with Gasteiger partial charge in [0.15, 0.2) is 0 Å². The Hall–Kier alpha value is -2.54. The van der Waals surface area contributed by atoms with Gasteiger partial charge >= 0.3 is 0 Å². The summed E-state index contributed by atoms with van der Waals surface area (Å²) in [6, 6.07) is 20.6. The van der Waals surface area contributed by atoms with Crippen molar-refractivity contribution in [2.45, 2.75) is 26.1 Å². The molecule has 30 heavy (non-hydrogen) atoms. The second kappa shape index (κ2) is 9.98. The average Bonchev–Trinajstić information content (AvgIpc) is 3.25. The van der Waals surface area contributed by atoms with Gasteiger partial charge in [-0.05, 0) is 18.1 Å². The van der Waals surface area contributed by atoms with Gasteiger partial charge in [-0.3, -0.25) is 14.6 Å². The molecule has 5 nitrogen and oxygen atoms in total. The maximum atomic E-state index is 12.6. The number of rotatable bonds is 7. The first kappa shape index (κ1) is 20.7. The molecule has 1 fully saturated rings. The van der Waals surface area contributed by atoms with Crippen LogP contribution in [0.15, 0.2) is 66.0 Å². The summed E-state index contributed by atoms with van der Waals surface area (Å²) in [7, 11) is 0. The molecule has 1 N–H and O–H groups in total. The molecule has 1 amide bonds. The minimum Gasteiger partial charge on any atom is -0.344 e. The minimum atomic E-state index is -0.110. The predicted octanol–water partition coefficient (Wildman–Crippen LogP) is 3.95. The highest BCUT2D eigenvalue weighted by Gasteiger charge is 2.19. The second-order valence-electron chi connectivity index (χ2n) is 7.77. The lowest BCUT2D eigenvalue weighted by Gasteiger charge is -2.34. The fraction of sp³-hybridized carbons (Fsp3) is 0.333. The van der Waals surface area contributed by atoms with Crippen LogP contribution in [0.2, 0.25) is 0 Å². The van der Waals surface area contributed by atoms with Crippen molar-refractivity contribution in [3.05, 3.63) is 87.9 Å². The van der Waals surface area contributed by atoms with Gasteiger partial charge in [-0.1, -0.05) is 60.7 Å². The van der Waals surface area contributed by atoms with Gasteiger partial charge in [-0.25, -0.2) is 4.98 Å². The maximum Gasteiger partial charge on any atom is 0.271 e. The molecule has 1 unspecified atom stereocenters. The van der Waals surface area contributed by atoms with Gasteiger partial charge in [0.25, 0.3) is 5.91 Å². The third-order valence-corrected chi connectivity index (χ3v) is 6.34. The molecule has 0 radical (unpaired) electrons. The summed E-state index contributed by atoms with van der Waals surface area (Å²) >= 11 is 1.57. The molecule has 0 spiro atoms. The molecule has 4 rings (SSSR count). The molecular weight excluding hydrogens is 392 g/mol. The summed E-state index contributed by atoms with van der Waals surface area (Å²) in [5.74, 6) is -0.110. The molecule has 1 saturated heterocycles. The number of nitrogens with zero attached hydrogens (tertiary/aromatic N) is 3. The molecular formula is C24H28N4OS. The molecule has 156 valence electrons. The van der Waals surface area contributed by atoms with Crippen molar-refractivity contribution in [2.24, 2.45) is 0 Å². The fourth-order valence-corrected chi connectivity index (χ4v) is 4.54. The van der Waals surface area contributed by atoms with Gasteiger partial charge < -0.3 is 5.32 Å². The van der Waals surface area contributed by atoms with E-state index in [9.17, 15) is 4.79 Å². The summed E-state index contributed by atoms with van der Waals surface area (Å²) < 4.78 is 0. The quantitative estimate of drug-likeness (QED) is 0.629. The molecule has 3 aromatic rings. The second-order valence-corrected chi connectivity index (χ2v) is 8.71. The van der Waals surface area contributed by atoms with E-state index in [1.807, 2.05) is 42.6 Å². The van der Waals surface area contributed by atoms with Gasteiger partial charge in [-0.2, -0.15) is 0 Å². The first-order valence-electron chi connectivity index (χ1n) is 10.5. The molecule has 0 saturated carbocycles. The number of thiazole rings is 1. The number of aromatic nitrogens is 1. The largest absolute Gasteiger partial charge is 0.344 e. The smallest absolute Gasteiger partial charge is 0.271 e. The zero-order valence-corrected chi connectivity index (χ0v) is 18.1. The molecule has 2 aromatic carbocycles. The van der Waals surface area contributed by atoms with Gasteiger partial charge in [0.05, 0.1) is 12.6 Å². The van der Waals surface area contributed by atoms with Gasteiger partial charge in [0, 0.05) is 38.1 Å². The van der Waals surface area contributed by atoms with Crippen LogP contribution in [0.3, 0.4) is 0 Å². The van der Waals surface area contributed by atoms with Crippen LogP contribution in [0.4, 0.5) is 0 Å². The van der Waals surface area contributed by atoms with Crippen molar-refractivity contribution in [3.8, 4) is 0 Å². The number of hydrogen-bond acceptors (Lipinski definition) is 5. The molecule has 6 heteroatoms. The van der Waals surface area contributed by atoms with Crippen LogP contribution in [-0.4, -0.2) is 46.9 Å². The van der Waals surface area contributed by atoms with Crippen LogP contribution in [0.1, 0.15) is 39.6 Å². The monoisotopic (exact) mass is 420 g/mol. The third kappa shape index (κ3) is 5.53. The molecule has 1 atom stereocenters. The van der Waals surface area contributed by atoms with Crippen LogP contribution >= 0.6 is 11.3 Å². The highest BCUT2D eigenvalue weighted by molar-refractivity contribution is 7.09. The topological polar surface area (TPSA) is 48.5 Å². The molecule has 1 aliphatic heterocycles. The predicted molar refractivity (Wildman–Crippen MR) is 121 cm³/mol. The minimum absolute atomic E-state index is 0.0402. The Morgan fingerprint density at radius 3 is 2.23 bits per heavy atom. The lowest BCUT2D eigenvalue weighted by atomic mass is 10.1. The molecule has 1 aromatic heterocycles. The van der Waals surface area contributed by atoms with Crippen LogP contribution < -0.4 is 5.32 Å². The highest BCUT2D eigenvalue weighted by atomic mass is 32.1. The average molecular weight is 421 g/mol. The first-order chi connectivity index (χ1) is 14.7. The summed E-state index contributed by atoms with van der Waals surface area (Å²) in [6.07, 6.45) is 0. The van der Waals surface area contributed by atoms with E-state index in [0.717, 1.165) is 49.8 Å². The number of carbonyl (C=O) groups is 1. The van der Waals surface area contributed by atoms with Crippen LogP contribution in [0.5, 0.6) is 0 Å². The van der Waals surface area contributed by atoms with E-state index in [0.29, 0.717) is 5.69 Å². The Kier molecular flexibility index (Phi) is 6.89. The Labute approximate surface area is 182 Å². The Balaban J connectivity index is 1.25. The Morgan fingerprint density at radius 1 is 0.967 bits per heavy atom. The van der Waals surface area contributed by atoms with E-state index >= 15 is 0 Å². The van der Waals surface area contributed by atoms with E-state index in [2.05, 4.69) is 50.4 Å². The number of amides is 1. The summed E-state index contributed by atoms with van der Waals surface area (Å²) in [5.41, 5.74) is 2.97. The van der Waals surface area contributed by atoms with E-state index in [4.69, 9.17) is 0 Å². The van der Waals surface area contributed by atoms with Crippen molar-refractivity contribution >= 4 is 17.2 Å². The summed E-state index contributed by atoms with van der Waals surface area (Å²) in [6.45, 7) is 7.99. The highest BCUT2D eigenvalue weighted by Crippen LogP contribution is 2.17. The molecule has 2 heterocycles. The lowest BCUT2D eigenvalue weighted by Crippen LogP contribution is -2.45. The standard InChI is InChI=1S/C24H28N4OS/c1-19(21-10-6-3-7-11-21)25-24(29)22-18-30-23(26-22)17-28-14-12-27(13-15-28)16-20-8-4-2-5-9-20/h2-11,18-19H,12-17H2,1H3,(H,25,29). The lowest BCUT2D eigenvalue weighted by molar-refractivity contribution is 0.0934. The van der Waals surface area contributed by atoms with E-state index in [-0.39, 0.29) is 11.9 Å². The van der Waals surface area contributed by atoms with Crippen LogP contribution in [0.25, 0.3) is 0 Å². The summed E-state index contributed by atoms with van der Waals surface area (Å²) in [4.78, 5) is 22.1. The van der Waals surface area contributed by atoms with E-state index < -0.39 is 0 Å². The number of hydrogen-bond donors (Lipinski definition) is 1. The maximum absolute atomic E-state index is 12.6. The van der Waals surface area contributed by atoms with Gasteiger partial charge in [0.1, 0.15) is 10.7 Å². The number of carbonyl (C=O) groups excluding carboxylic acids is 1. The molecule has 0 bridgehead atoms. The third-order valence-electron chi connectivity index (χ3n) is 5.50. The van der Waals surface area contributed by atoms with Crippen LogP contribution in [0, 0.1) is 0 Å². The zero-order valence-electron chi connectivity index (χ0n) is 17.3. The van der Waals surface area contributed by atoms with E-state index in [1.54, 1.807) is 11.3 Å². The number of benzene rings is 2. The number of piperazine rings is 1. The first-order valence-corrected chi connectivity index (χ1v) is 11.3. The van der Waals surface area contributed by atoms with E-state index in [1.165, 1.54) is 5.56 Å². The van der Waals surface area contributed by atoms with Gasteiger partial charge in [0.2, 0.25) is 0 Å². The summed E-state index contributed by atoms with van der Waals surface area (Å²) in [5, 5.41) is 5.92. The number of nitrogens with one attached hydrogen (secondary N) is 1. The van der Waals surface area contributed by atoms with Crippen molar-refractivity contribution in [1.82, 2.24) is 20.1 Å². The van der Waals surface area contributed by atoms with Crippen molar-refractivity contribution in [3.63, 3.8) is 0 Å². The SMILES string of the molecule is CC(NC(=O)c1csc(CN2CCN(Cc3ccccc3)CC2)n1)c1ccccc1. The van der Waals surface area contributed by atoms with Crippen molar-refractivity contribution in [2.75, 3.05) is 26.2 Å². The van der Waals surface area contributed by atoms with Crippen molar-refractivity contribution < 1.29 is 4.79 Å². The molecule has 0 aliphatic carbocycles.